The van der Waals surface area contributed by atoms with Crippen LogP contribution < -0.4 is 20.5 Å². The molecule has 0 aliphatic heterocycles. The van der Waals surface area contributed by atoms with E-state index in [1.54, 1.807) is 31.4 Å². The van der Waals surface area contributed by atoms with Crippen LogP contribution in [0.2, 0.25) is 0 Å². The first-order chi connectivity index (χ1) is 14.2. The number of hydrogen-bond donors (Lipinski definition) is 2. The second-order valence-corrected chi connectivity index (χ2v) is 6.30. The minimum atomic E-state index is -0.0736. The average molecular weight is 396 g/mol. The number of nitrogens with zero attached hydrogens (tertiary/aromatic N) is 2. The summed E-state index contributed by atoms with van der Waals surface area (Å²) in [4.78, 5) is 16.5. The highest BCUT2D eigenvalue weighted by molar-refractivity contribution is 5.90. The van der Waals surface area contributed by atoms with E-state index in [4.69, 9.17) is 19.7 Å². The summed E-state index contributed by atoms with van der Waals surface area (Å²) in [6.45, 7) is 0.918. The standard InChI is InChI=1S/C21H24N4O4/c1-27-17-9-5-15(6-10-17)21-24-20(29-25-21)4-2-3-19(26)23-16-7-11-18(12-8-16)28-14-13-22/h5-12H,2-4,13-14,22H2,1H3,(H,23,26). The first kappa shape index (κ1) is 20.3. The van der Waals surface area contributed by atoms with Crippen LogP contribution in [-0.4, -0.2) is 36.3 Å². The molecule has 0 bridgehead atoms. The SMILES string of the molecule is COc1ccc(-c2noc(CCCC(=O)Nc3ccc(OCCN)cc3)n2)cc1. The summed E-state index contributed by atoms with van der Waals surface area (Å²) in [7, 11) is 1.62. The number of benzene rings is 2. The Morgan fingerprint density at radius 1 is 1.10 bits per heavy atom. The number of carbonyl (C=O) groups excluding carboxylic acids is 1. The van der Waals surface area contributed by atoms with E-state index in [2.05, 4.69) is 15.5 Å². The quantitative estimate of drug-likeness (QED) is 0.541. The van der Waals surface area contributed by atoms with E-state index >= 15 is 0 Å². The Labute approximate surface area is 169 Å². The van der Waals surface area contributed by atoms with Crippen LogP contribution in [0.4, 0.5) is 5.69 Å². The van der Waals surface area contributed by atoms with Gasteiger partial charge < -0.3 is 25.0 Å². The molecule has 29 heavy (non-hydrogen) atoms. The Bertz CT molecular complexity index is 907. The zero-order valence-corrected chi connectivity index (χ0v) is 16.3. The molecule has 0 spiro atoms. The van der Waals surface area contributed by atoms with Crippen LogP contribution in [0.1, 0.15) is 18.7 Å². The summed E-state index contributed by atoms with van der Waals surface area (Å²) in [5.74, 6) is 2.43. The maximum Gasteiger partial charge on any atom is 0.226 e. The average Bonchev–Trinajstić information content (AvgIpc) is 3.22. The van der Waals surface area contributed by atoms with Crippen molar-refractivity contribution in [3.05, 3.63) is 54.4 Å². The fourth-order valence-electron chi connectivity index (χ4n) is 2.65. The van der Waals surface area contributed by atoms with Gasteiger partial charge in [0.1, 0.15) is 18.1 Å². The molecule has 0 fully saturated rings. The first-order valence-electron chi connectivity index (χ1n) is 9.37. The van der Waals surface area contributed by atoms with E-state index in [0.717, 1.165) is 22.7 Å². The lowest BCUT2D eigenvalue weighted by Gasteiger charge is -2.07. The highest BCUT2D eigenvalue weighted by Gasteiger charge is 2.10. The normalized spacial score (nSPS) is 10.6. The molecule has 3 rings (SSSR count). The van der Waals surface area contributed by atoms with E-state index in [9.17, 15) is 4.79 Å². The van der Waals surface area contributed by atoms with Gasteiger partial charge in [0.05, 0.1) is 7.11 Å². The van der Waals surface area contributed by atoms with Crippen molar-refractivity contribution in [2.75, 3.05) is 25.6 Å². The highest BCUT2D eigenvalue weighted by atomic mass is 16.5. The van der Waals surface area contributed by atoms with Gasteiger partial charge >= 0.3 is 0 Å². The molecule has 0 atom stereocenters. The van der Waals surface area contributed by atoms with Crippen molar-refractivity contribution < 1.29 is 18.8 Å². The summed E-state index contributed by atoms with van der Waals surface area (Å²) in [5.41, 5.74) is 6.96. The molecule has 1 aromatic heterocycles. The Hall–Kier alpha value is -3.39. The van der Waals surface area contributed by atoms with Crippen LogP contribution in [0.25, 0.3) is 11.4 Å². The minimum Gasteiger partial charge on any atom is -0.497 e. The number of nitrogens with one attached hydrogen (secondary N) is 1. The largest absolute Gasteiger partial charge is 0.497 e. The smallest absolute Gasteiger partial charge is 0.226 e. The van der Waals surface area contributed by atoms with Gasteiger partial charge in [0.2, 0.25) is 17.6 Å². The van der Waals surface area contributed by atoms with Gasteiger partial charge in [-0.25, -0.2) is 0 Å². The molecule has 2 aromatic carbocycles. The van der Waals surface area contributed by atoms with Crippen molar-refractivity contribution in [1.82, 2.24) is 10.1 Å². The predicted octanol–water partition coefficient (Wildman–Crippen LogP) is 3.04. The van der Waals surface area contributed by atoms with E-state index in [-0.39, 0.29) is 5.91 Å². The molecule has 0 saturated carbocycles. The number of methoxy groups -OCH3 is 1. The van der Waals surface area contributed by atoms with Crippen LogP contribution in [0.3, 0.4) is 0 Å². The molecule has 152 valence electrons. The second kappa shape index (κ2) is 10.2. The number of hydrogen-bond acceptors (Lipinski definition) is 7. The van der Waals surface area contributed by atoms with Crippen LogP contribution in [0, 0.1) is 0 Å². The maximum atomic E-state index is 12.1. The van der Waals surface area contributed by atoms with Gasteiger partial charge in [0, 0.05) is 30.6 Å². The molecule has 8 heteroatoms. The van der Waals surface area contributed by atoms with Crippen molar-refractivity contribution in [2.24, 2.45) is 5.73 Å². The molecule has 3 aromatic rings. The molecule has 0 aliphatic carbocycles. The lowest BCUT2D eigenvalue weighted by molar-refractivity contribution is -0.116. The summed E-state index contributed by atoms with van der Waals surface area (Å²) in [6.07, 6.45) is 1.49. The zero-order chi connectivity index (χ0) is 20.5. The monoisotopic (exact) mass is 396 g/mol. The van der Waals surface area contributed by atoms with Crippen molar-refractivity contribution >= 4 is 11.6 Å². The van der Waals surface area contributed by atoms with E-state index < -0.39 is 0 Å². The fraction of sp³-hybridized carbons (Fsp3) is 0.286. The van der Waals surface area contributed by atoms with Gasteiger partial charge in [-0.15, -0.1) is 0 Å². The van der Waals surface area contributed by atoms with E-state index in [1.165, 1.54) is 0 Å². The van der Waals surface area contributed by atoms with Gasteiger partial charge in [-0.2, -0.15) is 4.98 Å². The van der Waals surface area contributed by atoms with Crippen molar-refractivity contribution in [3.63, 3.8) is 0 Å². The lowest BCUT2D eigenvalue weighted by atomic mass is 10.2. The predicted molar refractivity (Wildman–Crippen MR) is 109 cm³/mol. The zero-order valence-electron chi connectivity index (χ0n) is 16.3. The number of carbonyl (C=O) groups is 1. The van der Waals surface area contributed by atoms with Gasteiger partial charge in [0.15, 0.2) is 0 Å². The van der Waals surface area contributed by atoms with Crippen LogP contribution in [0.5, 0.6) is 11.5 Å². The third kappa shape index (κ3) is 6.05. The van der Waals surface area contributed by atoms with E-state index in [0.29, 0.717) is 44.1 Å². The third-order valence-electron chi connectivity index (χ3n) is 4.14. The molecule has 3 N–H and O–H groups in total. The number of aromatic nitrogens is 2. The van der Waals surface area contributed by atoms with Gasteiger partial charge in [-0.1, -0.05) is 5.16 Å². The maximum absolute atomic E-state index is 12.1. The van der Waals surface area contributed by atoms with Gasteiger partial charge in [-0.3, -0.25) is 4.79 Å². The molecule has 0 unspecified atom stereocenters. The van der Waals surface area contributed by atoms with E-state index in [1.807, 2.05) is 24.3 Å². The Morgan fingerprint density at radius 2 is 1.83 bits per heavy atom. The van der Waals surface area contributed by atoms with Crippen LogP contribution in [0.15, 0.2) is 53.1 Å². The number of nitrogens with two attached hydrogens (primary N) is 1. The molecule has 0 radical (unpaired) electrons. The van der Waals surface area contributed by atoms with Crippen molar-refractivity contribution in [1.29, 1.82) is 0 Å². The molecular formula is C21H24N4O4. The van der Waals surface area contributed by atoms with Crippen molar-refractivity contribution in [2.45, 2.75) is 19.3 Å². The number of aryl methyl sites for hydroxylation is 1. The summed E-state index contributed by atoms with van der Waals surface area (Å²) in [5, 5.41) is 6.85. The fourth-order valence-corrected chi connectivity index (χ4v) is 2.65. The molecule has 1 heterocycles. The number of amides is 1. The molecule has 0 saturated heterocycles. The third-order valence-corrected chi connectivity index (χ3v) is 4.14. The molecule has 1 amide bonds. The molecular weight excluding hydrogens is 372 g/mol. The Balaban J connectivity index is 1.43. The number of anilines is 1. The summed E-state index contributed by atoms with van der Waals surface area (Å²) >= 11 is 0. The van der Waals surface area contributed by atoms with Crippen LogP contribution in [-0.2, 0) is 11.2 Å². The van der Waals surface area contributed by atoms with Crippen molar-refractivity contribution in [3.8, 4) is 22.9 Å². The minimum absolute atomic E-state index is 0.0736. The second-order valence-electron chi connectivity index (χ2n) is 6.30. The van der Waals surface area contributed by atoms with Crippen LogP contribution >= 0.6 is 0 Å². The molecule has 0 aliphatic rings. The summed E-state index contributed by atoms with van der Waals surface area (Å²) < 4.78 is 15.8. The molecule has 8 nitrogen and oxygen atoms in total. The summed E-state index contributed by atoms with van der Waals surface area (Å²) in [6, 6.07) is 14.6. The highest BCUT2D eigenvalue weighted by Crippen LogP contribution is 2.20. The van der Waals surface area contributed by atoms with Gasteiger partial charge in [0.25, 0.3) is 0 Å². The Kier molecular flexibility index (Phi) is 7.18. The number of rotatable bonds is 10. The Morgan fingerprint density at radius 3 is 2.52 bits per heavy atom. The topological polar surface area (TPSA) is 112 Å². The van der Waals surface area contributed by atoms with Gasteiger partial charge in [-0.05, 0) is 55.0 Å². The first-order valence-corrected chi connectivity index (χ1v) is 9.37. The number of ether oxygens (including phenoxy) is 2. The lowest BCUT2D eigenvalue weighted by Crippen LogP contribution is -2.12.